The minimum Gasteiger partial charge on any atom is -0.478 e. The number of nitrogens with zero attached hydrogens (tertiary/aromatic N) is 1. The zero-order valence-corrected chi connectivity index (χ0v) is 6.32. The fraction of sp³-hybridized carbons (Fsp3) is 0. The Balaban J connectivity index is 2.77. The second kappa shape index (κ2) is 2.55. The molecule has 0 unspecified atom stereocenters. The Hall–Kier alpha value is -1.91. The van der Waals surface area contributed by atoms with Gasteiger partial charge in [-0.3, -0.25) is 0 Å². The first-order valence-electron chi connectivity index (χ1n) is 3.44. The summed E-state index contributed by atoms with van der Waals surface area (Å²) in [5, 5.41) is 8.58. The van der Waals surface area contributed by atoms with Crippen molar-refractivity contribution in [3.8, 4) is 0 Å². The maximum absolute atomic E-state index is 13.0. The molecule has 0 saturated carbocycles. The fourth-order valence-electron chi connectivity index (χ4n) is 1.05. The van der Waals surface area contributed by atoms with E-state index in [1.54, 1.807) is 0 Å². The van der Waals surface area contributed by atoms with E-state index in [0.717, 1.165) is 12.5 Å². The summed E-state index contributed by atoms with van der Waals surface area (Å²) in [6, 6.07) is 2.15. The van der Waals surface area contributed by atoms with E-state index in [1.165, 1.54) is 6.07 Å². The molecule has 0 fully saturated rings. The molecule has 13 heavy (non-hydrogen) atoms. The van der Waals surface area contributed by atoms with E-state index < -0.39 is 11.8 Å². The van der Waals surface area contributed by atoms with Crippen molar-refractivity contribution in [3.63, 3.8) is 0 Å². The van der Waals surface area contributed by atoms with Crippen LogP contribution in [0.5, 0.6) is 0 Å². The molecule has 0 aliphatic heterocycles. The molecule has 1 heterocycles. The minimum atomic E-state index is -1.19. The average molecular weight is 181 g/mol. The molecule has 0 aliphatic carbocycles. The van der Waals surface area contributed by atoms with E-state index in [0.29, 0.717) is 0 Å². The summed E-state index contributed by atoms with van der Waals surface area (Å²) < 4.78 is 17.7. The molecule has 1 aromatic carbocycles. The van der Waals surface area contributed by atoms with Crippen molar-refractivity contribution in [1.29, 1.82) is 0 Å². The number of aromatic carboxylic acids is 1. The predicted molar refractivity (Wildman–Crippen MR) is 40.9 cm³/mol. The number of fused-ring (bicyclic) bond motifs is 1. The summed E-state index contributed by atoms with van der Waals surface area (Å²) in [6.07, 6.45) is 1.07. The van der Waals surface area contributed by atoms with Crippen LogP contribution in [0.3, 0.4) is 0 Å². The van der Waals surface area contributed by atoms with Crippen LogP contribution in [0, 0.1) is 5.82 Å². The summed E-state index contributed by atoms with van der Waals surface area (Å²) in [6.45, 7) is 0. The lowest BCUT2D eigenvalue weighted by molar-refractivity contribution is 0.0696. The van der Waals surface area contributed by atoms with Crippen molar-refractivity contribution in [1.82, 2.24) is 4.98 Å². The molecule has 0 atom stereocenters. The molecule has 0 amide bonds. The van der Waals surface area contributed by atoms with Crippen LogP contribution in [0.15, 0.2) is 22.9 Å². The van der Waals surface area contributed by atoms with Gasteiger partial charge in [-0.2, -0.15) is 0 Å². The topological polar surface area (TPSA) is 63.3 Å². The third-order valence-corrected chi connectivity index (χ3v) is 1.63. The predicted octanol–water partition coefficient (Wildman–Crippen LogP) is 1.67. The highest BCUT2D eigenvalue weighted by Gasteiger charge is 2.11. The van der Waals surface area contributed by atoms with Crippen molar-refractivity contribution >= 4 is 17.1 Å². The molecular formula is C8H4FNO3. The zero-order chi connectivity index (χ0) is 9.42. The van der Waals surface area contributed by atoms with Gasteiger partial charge in [-0.05, 0) is 12.1 Å². The Morgan fingerprint density at radius 3 is 3.00 bits per heavy atom. The highest BCUT2D eigenvalue weighted by molar-refractivity contribution is 5.91. The van der Waals surface area contributed by atoms with Crippen molar-refractivity contribution in [3.05, 3.63) is 29.9 Å². The molecule has 0 radical (unpaired) electrons. The average Bonchev–Trinajstić information content (AvgIpc) is 2.51. The van der Waals surface area contributed by atoms with Gasteiger partial charge < -0.3 is 9.52 Å². The lowest BCUT2D eigenvalue weighted by Gasteiger charge is -1.94. The summed E-state index contributed by atoms with van der Waals surface area (Å²) in [5.74, 6) is -1.91. The third-order valence-electron chi connectivity index (χ3n) is 1.63. The van der Waals surface area contributed by atoms with Crippen molar-refractivity contribution in [2.75, 3.05) is 0 Å². The second-order valence-electron chi connectivity index (χ2n) is 2.46. The first-order chi connectivity index (χ1) is 6.18. The molecule has 0 saturated heterocycles. The van der Waals surface area contributed by atoms with Crippen LogP contribution >= 0.6 is 0 Å². The van der Waals surface area contributed by atoms with Gasteiger partial charge in [0.2, 0.25) is 0 Å². The minimum absolute atomic E-state index is 0.0231. The Labute approximate surface area is 71.6 Å². The van der Waals surface area contributed by atoms with E-state index >= 15 is 0 Å². The van der Waals surface area contributed by atoms with E-state index in [1.807, 2.05) is 0 Å². The number of benzene rings is 1. The Kier molecular flexibility index (Phi) is 1.51. The number of hydrogen-bond donors (Lipinski definition) is 1. The number of carboxylic acids is 1. The van der Waals surface area contributed by atoms with Crippen molar-refractivity contribution < 1.29 is 18.7 Å². The molecule has 66 valence electrons. The zero-order valence-electron chi connectivity index (χ0n) is 6.32. The summed E-state index contributed by atoms with van der Waals surface area (Å²) in [4.78, 5) is 14.1. The van der Waals surface area contributed by atoms with Gasteiger partial charge in [-0.1, -0.05) is 0 Å². The summed E-state index contributed by atoms with van der Waals surface area (Å²) in [5.41, 5.74) is 0.0429. The lowest BCUT2D eigenvalue weighted by Crippen LogP contribution is -1.96. The van der Waals surface area contributed by atoms with Crippen LogP contribution in [0.25, 0.3) is 11.1 Å². The van der Waals surface area contributed by atoms with Crippen molar-refractivity contribution in [2.24, 2.45) is 0 Å². The number of carboxylic acid groups (broad SMARTS) is 1. The van der Waals surface area contributed by atoms with Crippen LogP contribution in [0.1, 0.15) is 10.4 Å². The number of oxazole rings is 1. The smallest absolute Gasteiger partial charge is 0.335 e. The molecule has 2 aromatic rings. The monoisotopic (exact) mass is 181 g/mol. The summed E-state index contributed by atoms with van der Waals surface area (Å²) >= 11 is 0. The van der Waals surface area contributed by atoms with Gasteiger partial charge in [0.1, 0.15) is 5.52 Å². The number of carbonyl (C=O) groups is 1. The van der Waals surface area contributed by atoms with E-state index in [4.69, 9.17) is 9.52 Å². The van der Waals surface area contributed by atoms with Gasteiger partial charge in [0, 0.05) is 0 Å². The Morgan fingerprint density at radius 2 is 2.31 bits per heavy atom. The van der Waals surface area contributed by atoms with E-state index in [-0.39, 0.29) is 16.7 Å². The van der Waals surface area contributed by atoms with E-state index in [2.05, 4.69) is 4.98 Å². The Morgan fingerprint density at radius 1 is 1.54 bits per heavy atom. The van der Waals surface area contributed by atoms with Crippen molar-refractivity contribution in [2.45, 2.75) is 0 Å². The molecule has 1 aromatic heterocycles. The lowest BCUT2D eigenvalue weighted by atomic mass is 10.2. The van der Waals surface area contributed by atoms with Crippen LogP contribution in [0.2, 0.25) is 0 Å². The molecule has 5 heteroatoms. The molecule has 0 bridgehead atoms. The Bertz CT molecular complexity index is 477. The van der Waals surface area contributed by atoms with Gasteiger partial charge in [-0.15, -0.1) is 0 Å². The molecule has 1 N–H and O–H groups in total. The first-order valence-corrected chi connectivity index (χ1v) is 3.44. The standard InChI is InChI=1S/C8H4FNO3/c9-5-1-4(8(11)12)2-6-7(5)13-3-10-6/h1-3H,(H,11,12). The van der Waals surface area contributed by atoms with Crippen LogP contribution in [-0.4, -0.2) is 16.1 Å². The largest absolute Gasteiger partial charge is 0.478 e. The molecule has 0 aliphatic rings. The van der Waals surface area contributed by atoms with Gasteiger partial charge >= 0.3 is 5.97 Å². The normalized spacial score (nSPS) is 10.5. The molecule has 0 spiro atoms. The highest BCUT2D eigenvalue weighted by Crippen LogP contribution is 2.18. The quantitative estimate of drug-likeness (QED) is 0.726. The first kappa shape index (κ1) is 7.72. The number of hydrogen-bond acceptors (Lipinski definition) is 3. The van der Waals surface area contributed by atoms with Crippen LogP contribution in [-0.2, 0) is 0 Å². The second-order valence-corrected chi connectivity index (χ2v) is 2.46. The molecule has 2 rings (SSSR count). The van der Waals surface area contributed by atoms with Gasteiger partial charge in [-0.25, -0.2) is 14.2 Å². The summed E-state index contributed by atoms with van der Waals surface area (Å²) in [7, 11) is 0. The maximum atomic E-state index is 13.0. The van der Waals surface area contributed by atoms with Crippen LogP contribution < -0.4 is 0 Å². The van der Waals surface area contributed by atoms with Crippen LogP contribution in [0.4, 0.5) is 4.39 Å². The molecule has 4 nitrogen and oxygen atoms in total. The van der Waals surface area contributed by atoms with Gasteiger partial charge in [0.15, 0.2) is 17.8 Å². The van der Waals surface area contributed by atoms with Gasteiger partial charge in [0.05, 0.1) is 5.56 Å². The molecular weight excluding hydrogens is 177 g/mol. The van der Waals surface area contributed by atoms with Gasteiger partial charge in [0.25, 0.3) is 0 Å². The third kappa shape index (κ3) is 1.14. The highest BCUT2D eigenvalue weighted by atomic mass is 19.1. The fourth-order valence-corrected chi connectivity index (χ4v) is 1.05. The number of halogens is 1. The number of aromatic nitrogens is 1. The maximum Gasteiger partial charge on any atom is 0.335 e. The SMILES string of the molecule is O=C(O)c1cc(F)c2ocnc2c1. The number of rotatable bonds is 1. The van der Waals surface area contributed by atoms with E-state index in [9.17, 15) is 9.18 Å².